The lowest BCUT2D eigenvalue weighted by molar-refractivity contribution is 0.0796. The van der Waals surface area contributed by atoms with Crippen molar-refractivity contribution in [2.45, 2.75) is 25.2 Å². The minimum atomic E-state index is -0.0255. The number of hydrogen-bond donors (Lipinski definition) is 1. The van der Waals surface area contributed by atoms with E-state index in [-0.39, 0.29) is 5.91 Å². The number of rotatable bonds is 8. The van der Waals surface area contributed by atoms with Crippen LogP contribution in [0, 0.1) is 0 Å². The molecule has 3 aromatic carbocycles. The van der Waals surface area contributed by atoms with Crippen molar-refractivity contribution in [1.82, 2.24) is 19.5 Å². The summed E-state index contributed by atoms with van der Waals surface area (Å²) in [5, 5.41) is 9.07. The highest BCUT2D eigenvalue weighted by Gasteiger charge is 2.27. The van der Waals surface area contributed by atoms with Crippen LogP contribution >= 0.6 is 11.6 Å². The molecule has 0 bridgehead atoms. The van der Waals surface area contributed by atoms with Crippen LogP contribution < -0.4 is 5.32 Å². The van der Waals surface area contributed by atoms with E-state index in [0.717, 1.165) is 44.7 Å². The minimum Gasteiger partial charge on any atom is -0.341 e. The Morgan fingerprint density at radius 1 is 1.00 bits per heavy atom. The van der Waals surface area contributed by atoms with E-state index in [2.05, 4.69) is 23.5 Å². The molecule has 5 aromatic rings. The van der Waals surface area contributed by atoms with Crippen LogP contribution in [0.25, 0.3) is 16.9 Å². The number of amides is 1. The summed E-state index contributed by atoms with van der Waals surface area (Å²) >= 11 is 6.27. The standard InChI is InChI=1S/C31H28ClN5O/c1-36(18-17-21-7-5-6-10-26(21)32)31(38)24-13-15-25(16-14-24)33-29-19-27(22-8-3-2-4-9-22)34-30-20-28(23-11-12-23)35-37(29)30/h2-10,13-16,19-20,23,33H,11-12,17-18H2,1H3. The van der Waals surface area contributed by atoms with Crippen LogP contribution in [0.3, 0.4) is 0 Å². The van der Waals surface area contributed by atoms with E-state index < -0.39 is 0 Å². The fraction of sp³-hybridized carbons (Fsp3) is 0.194. The van der Waals surface area contributed by atoms with Crippen molar-refractivity contribution in [2.24, 2.45) is 0 Å². The highest BCUT2D eigenvalue weighted by atomic mass is 35.5. The Hall–Kier alpha value is -4.16. The lowest BCUT2D eigenvalue weighted by atomic mass is 10.1. The van der Waals surface area contributed by atoms with E-state index in [9.17, 15) is 4.79 Å². The molecule has 7 heteroatoms. The maximum Gasteiger partial charge on any atom is 0.253 e. The molecule has 0 atom stereocenters. The van der Waals surface area contributed by atoms with Crippen LogP contribution in [0.5, 0.6) is 0 Å². The number of aromatic nitrogens is 3. The smallest absolute Gasteiger partial charge is 0.253 e. The molecule has 190 valence electrons. The van der Waals surface area contributed by atoms with Crippen molar-refractivity contribution in [3.8, 4) is 11.3 Å². The number of carbonyl (C=O) groups excluding carboxylic acids is 1. The van der Waals surface area contributed by atoms with Crippen LogP contribution in [0.4, 0.5) is 11.5 Å². The van der Waals surface area contributed by atoms with E-state index in [1.54, 1.807) is 4.90 Å². The molecule has 38 heavy (non-hydrogen) atoms. The number of halogens is 1. The summed E-state index contributed by atoms with van der Waals surface area (Å²) in [6, 6.07) is 29.6. The first-order chi connectivity index (χ1) is 18.5. The number of carbonyl (C=O) groups is 1. The zero-order valence-electron chi connectivity index (χ0n) is 21.1. The van der Waals surface area contributed by atoms with Gasteiger partial charge < -0.3 is 10.2 Å². The van der Waals surface area contributed by atoms with Gasteiger partial charge in [-0.05, 0) is 55.2 Å². The number of fused-ring (bicyclic) bond motifs is 1. The topological polar surface area (TPSA) is 62.5 Å². The van der Waals surface area contributed by atoms with Crippen molar-refractivity contribution in [3.05, 3.63) is 113 Å². The summed E-state index contributed by atoms with van der Waals surface area (Å²) < 4.78 is 1.88. The molecule has 0 aliphatic heterocycles. The molecule has 0 saturated heterocycles. The maximum atomic E-state index is 13.0. The molecule has 2 aromatic heterocycles. The highest BCUT2D eigenvalue weighted by molar-refractivity contribution is 6.31. The number of likely N-dealkylation sites (N-methyl/N-ethyl adjacent to an activating group) is 1. The molecular formula is C31H28ClN5O. The van der Waals surface area contributed by atoms with Crippen molar-refractivity contribution in [3.63, 3.8) is 0 Å². The summed E-state index contributed by atoms with van der Waals surface area (Å²) in [6.45, 7) is 0.586. The van der Waals surface area contributed by atoms with Gasteiger partial charge in [0.2, 0.25) is 0 Å². The monoisotopic (exact) mass is 521 g/mol. The molecule has 2 heterocycles. The second-order valence-corrected chi connectivity index (χ2v) is 10.2. The molecule has 1 amide bonds. The third-order valence-electron chi connectivity index (χ3n) is 6.94. The Bertz CT molecular complexity index is 1590. The summed E-state index contributed by atoms with van der Waals surface area (Å²) in [6.07, 6.45) is 3.07. The molecular weight excluding hydrogens is 494 g/mol. The van der Waals surface area contributed by atoms with Gasteiger partial charge in [0.25, 0.3) is 5.91 Å². The molecule has 1 fully saturated rings. The Morgan fingerprint density at radius 2 is 1.74 bits per heavy atom. The number of nitrogens with zero attached hydrogens (tertiary/aromatic N) is 4. The molecule has 0 radical (unpaired) electrons. The number of nitrogens with one attached hydrogen (secondary N) is 1. The van der Waals surface area contributed by atoms with Crippen molar-refractivity contribution in [2.75, 3.05) is 18.9 Å². The number of anilines is 2. The van der Waals surface area contributed by atoms with Gasteiger partial charge in [0.15, 0.2) is 5.65 Å². The molecule has 1 aliphatic rings. The van der Waals surface area contributed by atoms with Crippen LogP contribution in [-0.4, -0.2) is 39.0 Å². The van der Waals surface area contributed by atoms with Crippen LogP contribution in [0.15, 0.2) is 91.0 Å². The van der Waals surface area contributed by atoms with Gasteiger partial charge >= 0.3 is 0 Å². The lowest BCUT2D eigenvalue weighted by Crippen LogP contribution is -2.28. The van der Waals surface area contributed by atoms with Gasteiger partial charge in [-0.2, -0.15) is 9.61 Å². The zero-order valence-corrected chi connectivity index (χ0v) is 21.9. The molecule has 1 saturated carbocycles. The molecule has 6 rings (SSSR count). The summed E-state index contributed by atoms with van der Waals surface area (Å²) in [5.41, 5.74) is 6.39. The van der Waals surface area contributed by atoms with E-state index in [0.29, 0.717) is 24.4 Å². The SMILES string of the molecule is CN(CCc1ccccc1Cl)C(=O)c1ccc(Nc2cc(-c3ccccc3)nc3cc(C4CC4)nn23)cc1. The summed E-state index contributed by atoms with van der Waals surface area (Å²) in [4.78, 5) is 19.6. The first-order valence-electron chi connectivity index (χ1n) is 12.9. The third-order valence-corrected chi connectivity index (χ3v) is 7.31. The second-order valence-electron chi connectivity index (χ2n) is 9.78. The fourth-order valence-electron chi connectivity index (χ4n) is 4.57. The number of hydrogen-bond acceptors (Lipinski definition) is 4. The zero-order chi connectivity index (χ0) is 26.1. The molecule has 0 unspecified atom stereocenters. The van der Waals surface area contributed by atoms with Crippen LogP contribution in [0.2, 0.25) is 5.02 Å². The Labute approximate surface area is 226 Å². The van der Waals surface area contributed by atoms with Gasteiger partial charge in [0.05, 0.1) is 11.4 Å². The molecule has 6 nitrogen and oxygen atoms in total. The van der Waals surface area contributed by atoms with Gasteiger partial charge in [0, 0.05) is 53.5 Å². The van der Waals surface area contributed by atoms with Crippen molar-refractivity contribution in [1.29, 1.82) is 0 Å². The van der Waals surface area contributed by atoms with Crippen molar-refractivity contribution >= 4 is 34.7 Å². The van der Waals surface area contributed by atoms with Crippen LogP contribution in [-0.2, 0) is 6.42 Å². The first-order valence-corrected chi connectivity index (χ1v) is 13.2. The van der Waals surface area contributed by atoms with Gasteiger partial charge in [-0.25, -0.2) is 4.98 Å². The average Bonchev–Trinajstić information content (AvgIpc) is 3.71. The lowest BCUT2D eigenvalue weighted by Gasteiger charge is -2.18. The molecule has 0 spiro atoms. The highest BCUT2D eigenvalue weighted by Crippen LogP contribution is 2.40. The van der Waals surface area contributed by atoms with E-state index in [1.807, 2.05) is 84.4 Å². The van der Waals surface area contributed by atoms with Crippen LogP contribution in [0.1, 0.15) is 40.4 Å². The third kappa shape index (κ3) is 5.13. The van der Waals surface area contributed by atoms with E-state index in [4.69, 9.17) is 21.7 Å². The largest absolute Gasteiger partial charge is 0.341 e. The van der Waals surface area contributed by atoms with Gasteiger partial charge in [-0.1, -0.05) is 60.1 Å². The van der Waals surface area contributed by atoms with Crippen molar-refractivity contribution < 1.29 is 4.79 Å². The predicted octanol–water partition coefficient (Wildman–Crippen LogP) is 6.99. The van der Waals surface area contributed by atoms with E-state index >= 15 is 0 Å². The molecule has 1 aliphatic carbocycles. The maximum absolute atomic E-state index is 13.0. The minimum absolute atomic E-state index is 0.0255. The quantitative estimate of drug-likeness (QED) is 0.239. The first kappa shape index (κ1) is 24.2. The fourth-order valence-corrected chi connectivity index (χ4v) is 4.80. The predicted molar refractivity (Wildman–Crippen MR) is 152 cm³/mol. The molecule has 1 N–H and O–H groups in total. The Kier molecular flexibility index (Phi) is 6.56. The Morgan fingerprint density at radius 3 is 2.47 bits per heavy atom. The summed E-state index contributed by atoms with van der Waals surface area (Å²) in [5.74, 6) is 1.34. The second kappa shape index (κ2) is 10.3. The Balaban J connectivity index is 1.21. The van der Waals surface area contributed by atoms with Gasteiger partial charge in [-0.3, -0.25) is 4.79 Å². The normalized spacial score (nSPS) is 13.0. The average molecular weight is 522 g/mol. The van der Waals surface area contributed by atoms with Gasteiger partial charge in [0.1, 0.15) is 5.82 Å². The summed E-state index contributed by atoms with van der Waals surface area (Å²) in [7, 11) is 1.82. The number of benzene rings is 3. The van der Waals surface area contributed by atoms with E-state index in [1.165, 1.54) is 12.8 Å². The van der Waals surface area contributed by atoms with Gasteiger partial charge in [-0.15, -0.1) is 0 Å².